The van der Waals surface area contributed by atoms with Gasteiger partial charge in [-0.05, 0) is 24.3 Å². The normalized spacial score (nSPS) is 9.94. The van der Waals surface area contributed by atoms with E-state index in [-0.39, 0.29) is 17.3 Å². The lowest BCUT2D eigenvalue weighted by Gasteiger charge is -2.04. The maximum atomic E-state index is 12.9. The number of rotatable bonds is 2. The van der Waals surface area contributed by atoms with Crippen LogP contribution in [0.1, 0.15) is 10.4 Å². The second-order valence-corrected chi connectivity index (χ2v) is 3.19. The lowest BCUT2D eigenvalue weighted by atomic mass is 10.2. The van der Waals surface area contributed by atoms with Crippen LogP contribution in [-0.4, -0.2) is 21.0 Å². The molecule has 0 saturated heterocycles. The topological polar surface area (TPSA) is 75.1 Å². The van der Waals surface area contributed by atoms with Crippen LogP contribution < -0.4 is 5.32 Å². The average molecular weight is 233 g/mol. The number of halogens is 1. The van der Waals surface area contributed by atoms with E-state index in [1.54, 1.807) is 6.07 Å². The number of amides is 1. The van der Waals surface area contributed by atoms with Gasteiger partial charge in [0, 0.05) is 12.4 Å². The summed E-state index contributed by atoms with van der Waals surface area (Å²) in [6, 6.07) is 4.70. The van der Waals surface area contributed by atoms with Gasteiger partial charge in [0.25, 0.3) is 5.91 Å². The second-order valence-electron chi connectivity index (χ2n) is 3.19. The molecule has 0 atom stereocenters. The van der Waals surface area contributed by atoms with Gasteiger partial charge in [-0.2, -0.15) is 0 Å². The Balaban J connectivity index is 2.23. The number of phenols is 1. The molecule has 0 aliphatic carbocycles. The first kappa shape index (κ1) is 11.0. The van der Waals surface area contributed by atoms with Crippen LogP contribution in [0.4, 0.5) is 10.3 Å². The number of nitrogens with one attached hydrogen (secondary N) is 1. The molecule has 1 amide bonds. The predicted molar refractivity (Wildman–Crippen MR) is 58.1 cm³/mol. The molecule has 1 aromatic carbocycles. The first-order valence-electron chi connectivity index (χ1n) is 4.74. The number of phenolic OH excluding ortho intramolecular Hbond substituents is 1. The van der Waals surface area contributed by atoms with Gasteiger partial charge in [-0.3, -0.25) is 10.1 Å². The minimum absolute atomic E-state index is 0.0844. The molecule has 2 rings (SSSR count). The van der Waals surface area contributed by atoms with Crippen molar-refractivity contribution in [3.63, 3.8) is 0 Å². The molecule has 17 heavy (non-hydrogen) atoms. The lowest BCUT2D eigenvalue weighted by molar-refractivity contribution is 0.102. The highest BCUT2D eigenvalue weighted by Gasteiger charge is 2.13. The second kappa shape index (κ2) is 4.56. The van der Waals surface area contributed by atoms with Crippen molar-refractivity contribution in [1.82, 2.24) is 9.97 Å². The number of nitrogens with zero attached hydrogens (tertiary/aromatic N) is 2. The predicted octanol–water partition coefficient (Wildman–Crippen LogP) is 1.57. The summed E-state index contributed by atoms with van der Waals surface area (Å²) in [5, 5.41) is 11.8. The van der Waals surface area contributed by atoms with E-state index < -0.39 is 11.7 Å². The zero-order valence-corrected chi connectivity index (χ0v) is 8.59. The van der Waals surface area contributed by atoms with Crippen molar-refractivity contribution in [1.29, 1.82) is 0 Å². The molecule has 0 saturated carbocycles. The number of aromatic hydroxyl groups is 1. The van der Waals surface area contributed by atoms with Gasteiger partial charge in [-0.25, -0.2) is 14.4 Å². The van der Waals surface area contributed by atoms with Crippen molar-refractivity contribution in [3.8, 4) is 5.75 Å². The fourth-order valence-electron chi connectivity index (χ4n) is 1.22. The highest BCUT2D eigenvalue weighted by Crippen LogP contribution is 2.18. The Morgan fingerprint density at radius 1 is 1.29 bits per heavy atom. The average Bonchev–Trinajstić information content (AvgIpc) is 2.33. The molecule has 0 aliphatic heterocycles. The summed E-state index contributed by atoms with van der Waals surface area (Å²) in [6.45, 7) is 0. The molecule has 0 aliphatic rings. The van der Waals surface area contributed by atoms with Gasteiger partial charge in [0.1, 0.15) is 11.6 Å². The molecule has 2 aromatic rings. The summed E-state index contributed by atoms with van der Waals surface area (Å²) in [5.74, 6) is -1.50. The molecule has 5 nitrogen and oxygen atoms in total. The van der Waals surface area contributed by atoms with Crippen LogP contribution >= 0.6 is 0 Å². The highest BCUT2D eigenvalue weighted by molar-refractivity contribution is 6.05. The van der Waals surface area contributed by atoms with E-state index in [1.165, 1.54) is 12.4 Å². The summed E-state index contributed by atoms with van der Waals surface area (Å²) in [4.78, 5) is 19.2. The van der Waals surface area contributed by atoms with E-state index in [0.29, 0.717) is 0 Å². The van der Waals surface area contributed by atoms with Crippen molar-refractivity contribution >= 4 is 11.9 Å². The summed E-state index contributed by atoms with van der Waals surface area (Å²) in [7, 11) is 0. The van der Waals surface area contributed by atoms with E-state index in [1.807, 2.05) is 0 Å². The highest BCUT2D eigenvalue weighted by atomic mass is 19.1. The van der Waals surface area contributed by atoms with Gasteiger partial charge in [-0.15, -0.1) is 0 Å². The smallest absolute Gasteiger partial charge is 0.261 e. The van der Waals surface area contributed by atoms with Crippen LogP contribution in [-0.2, 0) is 0 Å². The number of aromatic nitrogens is 2. The van der Waals surface area contributed by atoms with Crippen LogP contribution in [0.25, 0.3) is 0 Å². The Hall–Kier alpha value is -2.50. The fraction of sp³-hybridized carbons (Fsp3) is 0. The monoisotopic (exact) mass is 233 g/mol. The van der Waals surface area contributed by atoms with Crippen molar-refractivity contribution in [2.75, 3.05) is 5.32 Å². The number of hydrogen-bond acceptors (Lipinski definition) is 4. The van der Waals surface area contributed by atoms with E-state index >= 15 is 0 Å². The summed E-state index contributed by atoms with van der Waals surface area (Å²) < 4.78 is 12.9. The minimum Gasteiger partial charge on any atom is -0.507 e. The molecule has 0 bridgehead atoms. The number of hydrogen-bond donors (Lipinski definition) is 2. The van der Waals surface area contributed by atoms with E-state index in [2.05, 4.69) is 15.3 Å². The molecule has 1 heterocycles. The maximum Gasteiger partial charge on any atom is 0.261 e. The molecular weight excluding hydrogens is 225 g/mol. The molecule has 1 aromatic heterocycles. The Morgan fingerprint density at radius 3 is 2.71 bits per heavy atom. The van der Waals surface area contributed by atoms with Crippen molar-refractivity contribution < 1.29 is 14.3 Å². The number of anilines is 1. The van der Waals surface area contributed by atoms with Crippen LogP contribution in [0, 0.1) is 5.82 Å². The van der Waals surface area contributed by atoms with Crippen molar-refractivity contribution in [3.05, 3.63) is 48.0 Å². The maximum absolute atomic E-state index is 12.9. The van der Waals surface area contributed by atoms with Crippen LogP contribution in [0.5, 0.6) is 5.75 Å². The van der Waals surface area contributed by atoms with E-state index in [0.717, 1.165) is 18.2 Å². The lowest BCUT2D eigenvalue weighted by Crippen LogP contribution is -2.14. The van der Waals surface area contributed by atoms with Crippen molar-refractivity contribution in [2.24, 2.45) is 0 Å². The molecule has 6 heteroatoms. The third kappa shape index (κ3) is 2.54. The number of carbonyl (C=O) groups excluding carboxylic acids is 1. The summed E-state index contributed by atoms with van der Waals surface area (Å²) >= 11 is 0. The molecule has 0 fully saturated rings. The quantitative estimate of drug-likeness (QED) is 0.825. The van der Waals surface area contributed by atoms with Crippen LogP contribution in [0.3, 0.4) is 0 Å². The van der Waals surface area contributed by atoms with Gasteiger partial charge in [0.2, 0.25) is 5.95 Å². The standard InChI is InChI=1S/C11H8FN3O2/c12-7-2-3-9(16)8(6-7)10(17)15-11-13-4-1-5-14-11/h1-6,16H,(H,13,14,15,17). The molecule has 0 radical (unpaired) electrons. The summed E-state index contributed by atoms with van der Waals surface area (Å²) in [6.07, 6.45) is 2.90. The van der Waals surface area contributed by atoms with Crippen molar-refractivity contribution in [2.45, 2.75) is 0 Å². The number of benzene rings is 1. The Kier molecular flexibility index (Phi) is 2.95. The largest absolute Gasteiger partial charge is 0.507 e. The number of carbonyl (C=O) groups is 1. The summed E-state index contributed by atoms with van der Waals surface area (Å²) in [5.41, 5.74) is -0.169. The van der Waals surface area contributed by atoms with Gasteiger partial charge < -0.3 is 5.11 Å². The Labute approximate surface area is 96.0 Å². The van der Waals surface area contributed by atoms with Crippen LogP contribution in [0.2, 0.25) is 0 Å². The molecule has 86 valence electrons. The first-order valence-corrected chi connectivity index (χ1v) is 4.74. The molecule has 0 unspecified atom stereocenters. The first-order chi connectivity index (χ1) is 8.16. The van der Waals surface area contributed by atoms with Gasteiger partial charge >= 0.3 is 0 Å². The zero-order chi connectivity index (χ0) is 12.3. The molecule has 0 spiro atoms. The van der Waals surface area contributed by atoms with Crippen LogP contribution in [0.15, 0.2) is 36.7 Å². The molecular formula is C11H8FN3O2. The minimum atomic E-state index is -0.673. The SMILES string of the molecule is O=C(Nc1ncccn1)c1cc(F)ccc1O. The molecule has 2 N–H and O–H groups in total. The van der Waals surface area contributed by atoms with Gasteiger partial charge in [0.05, 0.1) is 5.56 Å². The van der Waals surface area contributed by atoms with E-state index in [4.69, 9.17) is 0 Å². The third-order valence-electron chi connectivity index (χ3n) is 1.99. The zero-order valence-electron chi connectivity index (χ0n) is 8.59. The Morgan fingerprint density at radius 2 is 2.00 bits per heavy atom. The Bertz CT molecular complexity index is 546. The fourth-order valence-corrected chi connectivity index (χ4v) is 1.22. The van der Waals surface area contributed by atoms with Gasteiger partial charge in [-0.1, -0.05) is 0 Å². The van der Waals surface area contributed by atoms with Gasteiger partial charge in [0.15, 0.2) is 0 Å². The van der Waals surface area contributed by atoms with E-state index in [9.17, 15) is 14.3 Å². The third-order valence-corrected chi connectivity index (χ3v) is 1.99.